The molecule has 0 aliphatic rings. The van der Waals surface area contributed by atoms with Crippen molar-refractivity contribution in [2.75, 3.05) is 0 Å². The minimum atomic E-state index is -6.46. The molecule has 8 heteroatoms. The lowest BCUT2D eigenvalue weighted by Crippen LogP contribution is -2.27. The minimum Gasteiger partial charge on any atom is -0.226 e. The van der Waals surface area contributed by atoms with Crippen LogP contribution in [0.4, 0.5) is 17.6 Å². The average Bonchev–Trinajstić information content (AvgIpc) is 1.77. The number of hydrogen-bond donors (Lipinski definition) is 0. The third kappa shape index (κ3) is 3.02. The van der Waals surface area contributed by atoms with Gasteiger partial charge in [-0.2, -0.15) is 21.6 Å². The van der Waals surface area contributed by atoms with Crippen molar-refractivity contribution >= 4 is 10.1 Å². The van der Waals surface area contributed by atoms with Crippen LogP contribution < -0.4 is 0 Å². The van der Waals surface area contributed by atoms with Crippen LogP contribution in [0.5, 0.6) is 0 Å². The van der Waals surface area contributed by atoms with Crippen molar-refractivity contribution in [3.63, 3.8) is 0 Å². The molecule has 0 heterocycles. The summed E-state index contributed by atoms with van der Waals surface area (Å²) in [6.07, 6.45) is -4.68. The number of hydrogen-bond acceptors (Lipinski definition) is 3. The van der Waals surface area contributed by atoms with Crippen molar-refractivity contribution in [2.24, 2.45) is 0 Å². The topological polar surface area (TPSA) is 43.4 Å². The number of alkyl halides is 4. The van der Waals surface area contributed by atoms with Gasteiger partial charge in [0.1, 0.15) is 0 Å². The lowest BCUT2D eigenvalue weighted by molar-refractivity contribution is -0.0629. The van der Waals surface area contributed by atoms with Crippen molar-refractivity contribution in [1.82, 2.24) is 0 Å². The fraction of sp³-hybridized carbons (Fsp3) is 1.00. The smallest absolute Gasteiger partial charge is 0.226 e. The van der Waals surface area contributed by atoms with Crippen molar-refractivity contribution in [2.45, 2.75) is 18.7 Å². The molecule has 0 spiro atoms. The molecule has 0 aromatic rings. The van der Waals surface area contributed by atoms with Crippen molar-refractivity contribution in [3.05, 3.63) is 0 Å². The van der Waals surface area contributed by atoms with Gasteiger partial charge in [0.2, 0.25) is 6.33 Å². The summed E-state index contributed by atoms with van der Waals surface area (Å²) in [6, 6.07) is 0. The van der Waals surface area contributed by atoms with Crippen molar-refractivity contribution < 1.29 is 35.6 Å². The molecule has 0 saturated carbocycles. The van der Waals surface area contributed by atoms with E-state index in [1.807, 2.05) is 0 Å². The van der Waals surface area contributed by atoms with Crippen LogP contribution in [-0.2, 0) is 14.3 Å². The van der Waals surface area contributed by atoms with Gasteiger partial charge in [-0.1, -0.05) is 0 Å². The normalized spacial score (nSPS) is 25.8. The molecule has 0 aromatic carbocycles. The molecule has 0 aliphatic carbocycles. The van der Waals surface area contributed by atoms with Crippen LogP contribution in [0.25, 0.3) is 0 Å². The Labute approximate surface area is 65.7 Å². The summed E-state index contributed by atoms with van der Waals surface area (Å²) in [5, 5.41) is 0. The summed E-state index contributed by atoms with van der Waals surface area (Å²) in [5.74, 6) is 0. The Morgan fingerprint density at radius 1 is 1.64 bits per heavy atom. The summed E-state index contributed by atoms with van der Waals surface area (Å²) < 4.78 is 95.3. The molecule has 68 valence electrons. The highest BCUT2D eigenvalue weighted by atomic mass is 32.2. The molecular formula is C3H4F4O3S. The van der Waals surface area contributed by atoms with E-state index in [4.69, 9.17) is 5.48 Å². The van der Waals surface area contributed by atoms with Gasteiger partial charge in [0.05, 0.1) is 1.37 Å². The maximum atomic E-state index is 12.6. The van der Waals surface area contributed by atoms with Gasteiger partial charge < -0.3 is 0 Å². The maximum Gasteiger partial charge on any atom is 0.523 e. The third-order valence-electron chi connectivity index (χ3n) is 0.466. The molecule has 0 fully saturated rings. The zero-order valence-corrected chi connectivity index (χ0v) is 5.46. The van der Waals surface area contributed by atoms with Gasteiger partial charge in [0.15, 0.2) is 0 Å². The second-order valence-corrected chi connectivity index (χ2v) is 2.79. The number of rotatable bonds is 2. The minimum absolute atomic E-state index is 2.64. The van der Waals surface area contributed by atoms with Crippen LogP contribution in [0, 0.1) is 0 Å². The monoisotopic (exact) mass is 199 g/mol. The van der Waals surface area contributed by atoms with Gasteiger partial charge in [0, 0.05) is 4.11 Å². The maximum absolute atomic E-state index is 12.6. The Morgan fingerprint density at radius 2 is 2.09 bits per heavy atom. The van der Waals surface area contributed by atoms with E-state index in [0.717, 1.165) is 0 Å². The highest BCUT2D eigenvalue weighted by molar-refractivity contribution is 7.87. The Bertz CT molecular complexity index is 330. The summed E-state index contributed by atoms with van der Waals surface area (Å²) >= 11 is 0. The molecule has 0 rings (SSSR count). The molecule has 1 atom stereocenters. The van der Waals surface area contributed by atoms with Gasteiger partial charge in [-0.25, -0.2) is 8.57 Å². The number of halogens is 4. The van der Waals surface area contributed by atoms with Gasteiger partial charge in [-0.3, -0.25) is 0 Å². The summed E-state index contributed by atoms with van der Waals surface area (Å²) in [4.78, 5) is 0. The van der Waals surface area contributed by atoms with E-state index in [2.05, 4.69) is 4.18 Å². The molecule has 11 heavy (non-hydrogen) atoms. The third-order valence-corrected chi connectivity index (χ3v) is 1.40. The van der Waals surface area contributed by atoms with E-state index >= 15 is 0 Å². The molecule has 0 aromatic heterocycles. The quantitative estimate of drug-likeness (QED) is 0.381. The largest absolute Gasteiger partial charge is 0.523 e. The first-order chi connectivity index (χ1) is 6.21. The van der Waals surface area contributed by atoms with E-state index in [-0.39, 0.29) is 0 Å². The first-order valence-electron chi connectivity index (χ1n) is 3.91. The van der Waals surface area contributed by atoms with E-state index in [1.54, 1.807) is 0 Å². The van der Waals surface area contributed by atoms with E-state index in [1.165, 1.54) is 0 Å². The Hall–Kier alpha value is -0.370. The molecule has 0 saturated heterocycles. The molecule has 0 bridgehead atoms. The standard InChI is InChI=1S/C3H4F4O3S/c1-2(4)10-11(8,9)3(5,6)7/h2H,1H3/i1D3,2D,4-1. The van der Waals surface area contributed by atoms with Crippen LogP contribution >= 0.6 is 0 Å². The molecular weight excluding hydrogens is 191 g/mol. The lowest BCUT2D eigenvalue weighted by atomic mass is 10.8. The Balaban J connectivity index is 5.08. The van der Waals surface area contributed by atoms with Crippen LogP contribution in [-0.4, -0.2) is 20.3 Å². The zero-order chi connectivity index (χ0) is 12.7. The van der Waals surface area contributed by atoms with Crippen molar-refractivity contribution in [1.29, 1.82) is 0 Å². The first-order valence-corrected chi connectivity index (χ1v) is 3.32. The Kier molecular flexibility index (Phi) is 1.42. The fourth-order valence-electron chi connectivity index (χ4n) is 0.144. The molecule has 0 radical (unpaired) electrons. The molecule has 0 amide bonds. The van der Waals surface area contributed by atoms with Crippen molar-refractivity contribution in [3.8, 4) is 0 Å². The molecule has 1 unspecified atom stereocenters. The highest BCUT2D eigenvalue weighted by Crippen LogP contribution is 2.25. The van der Waals surface area contributed by atoms with E-state index < -0.39 is 28.8 Å². The van der Waals surface area contributed by atoms with Crippen LogP contribution in [0.1, 0.15) is 12.3 Å². The SMILES string of the molecule is [2H]C([2H])([2H])C([2H])([18F])OS(=O)(=O)C(F)(F)F. The first kappa shape index (κ1) is 5.31. The summed E-state index contributed by atoms with van der Waals surface area (Å²) in [6.45, 7) is -3.98. The van der Waals surface area contributed by atoms with Crippen LogP contribution in [0.2, 0.25) is 0 Å². The molecule has 0 N–H and O–H groups in total. The highest BCUT2D eigenvalue weighted by Gasteiger charge is 2.48. The fourth-order valence-corrected chi connectivity index (χ4v) is 0.431. The van der Waals surface area contributed by atoms with Gasteiger partial charge >= 0.3 is 15.6 Å². The molecule has 0 aliphatic heterocycles. The van der Waals surface area contributed by atoms with Gasteiger partial charge in [-0.15, -0.1) is 0 Å². The second kappa shape index (κ2) is 2.94. The summed E-state index contributed by atoms with van der Waals surface area (Å²) in [7, 11) is -6.46. The van der Waals surface area contributed by atoms with Crippen LogP contribution in [0.15, 0.2) is 0 Å². The Morgan fingerprint density at radius 3 is 2.36 bits per heavy atom. The molecule has 3 nitrogen and oxygen atoms in total. The van der Waals surface area contributed by atoms with E-state index in [9.17, 15) is 26.0 Å². The second-order valence-electron chi connectivity index (χ2n) is 1.26. The van der Waals surface area contributed by atoms with E-state index in [0.29, 0.717) is 0 Å². The van der Waals surface area contributed by atoms with Gasteiger partial charge in [0.25, 0.3) is 0 Å². The van der Waals surface area contributed by atoms with Crippen LogP contribution in [0.3, 0.4) is 0 Å². The zero-order valence-electron chi connectivity index (χ0n) is 8.64. The predicted octanol–water partition coefficient (Wildman–Crippen LogP) is 1.17. The van der Waals surface area contributed by atoms with Gasteiger partial charge in [-0.05, 0) is 6.85 Å². The lowest BCUT2D eigenvalue weighted by Gasteiger charge is -2.07. The summed E-state index contributed by atoms with van der Waals surface area (Å²) in [5.41, 5.74) is -5.99. The predicted molar refractivity (Wildman–Crippen MR) is 26.6 cm³/mol. The average molecular weight is 199 g/mol.